The van der Waals surface area contributed by atoms with E-state index < -0.39 is 5.91 Å². The first kappa shape index (κ1) is 12.6. The van der Waals surface area contributed by atoms with Crippen LogP contribution in [0.15, 0.2) is 24.3 Å². The monoisotopic (exact) mass is 246 g/mol. The van der Waals surface area contributed by atoms with Crippen molar-refractivity contribution in [3.8, 4) is 0 Å². The number of nitrogens with two attached hydrogens (primary N) is 1. The van der Waals surface area contributed by atoms with Gasteiger partial charge in [-0.3, -0.25) is 9.59 Å². The highest BCUT2D eigenvalue weighted by molar-refractivity contribution is 5.92. The van der Waals surface area contributed by atoms with Crippen molar-refractivity contribution in [2.45, 2.75) is 38.8 Å². The van der Waals surface area contributed by atoms with Crippen LogP contribution in [0.2, 0.25) is 0 Å². The Morgan fingerprint density at radius 1 is 1.28 bits per heavy atom. The molecule has 2 amide bonds. The molecule has 1 aliphatic carbocycles. The van der Waals surface area contributed by atoms with Gasteiger partial charge in [-0.1, -0.05) is 19.1 Å². The zero-order valence-corrected chi connectivity index (χ0v) is 10.6. The van der Waals surface area contributed by atoms with Gasteiger partial charge in [0, 0.05) is 24.6 Å². The van der Waals surface area contributed by atoms with Gasteiger partial charge in [-0.15, -0.1) is 0 Å². The summed E-state index contributed by atoms with van der Waals surface area (Å²) in [7, 11) is 0. The third-order valence-electron chi connectivity index (χ3n) is 3.20. The third-order valence-corrected chi connectivity index (χ3v) is 3.20. The Bertz CT molecular complexity index is 449. The molecular formula is C14H18N2O2. The van der Waals surface area contributed by atoms with E-state index in [0.29, 0.717) is 24.6 Å². The van der Waals surface area contributed by atoms with Crippen LogP contribution in [0.1, 0.15) is 42.1 Å². The summed E-state index contributed by atoms with van der Waals surface area (Å²) in [6, 6.07) is 7.54. The maximum atomic E-state index is 11.8. The number of benzene rings is 1. The van der Waals surface area contributed by atoms with Gasteiger partial charge in [-0.25, -0.2) is 0 Å². The average molecular weight is 246 g/mol. The van der Waals surface area contributed by atoms with Gasteiger partial charge in [0.15, 0.2) is 0 Å². The van der Waals surface area contributed by atoms with Crippen LogP contribution in [0, 0.1) is 0 Å². The van der Waals surface area contributed by atoms with Crippen LogP contribution in [-0.2, 0) is 11.3 Å². The van der Waals surface area contributed by atoms with Crippen LogP contribution in [-0.4, -0.2) is 22.8 Å². The van der Waals surface area contributed by atoms with E-state index in [0.717, 1.165) is 18.4 Å². The normalized spacial score (nSPS) is 14.3. The molecule has 4 heteroatoms. The maximum absolute atomic E-state index is 11.8. The molecule has 2 N–H and O–H groups in total. The molecule has 0 bridgehead atoms. The van der Waals surface area contributed by atoms with Gasteiger partial charge in [0.05, 0.1) is 0 Å². The molecule has 4 nitrogen and oxygen atoms in total. The molecule has 0 radical (unpaired) electrons. The van der Waals surface area contributed by atoms with Gasteiger partial charge in [-0.2, -0.15) is 0 Å². The van der Waals surface area contributed by atoms with Crippen molar-refractivity contribution in [1.29, 1.82) is 0 Å². The minimum absolute atomic E-state index is 0.191. The highest BCUT2D eigenvalue weighted by Gasteiger charge is 2.31. The fourth-order valence-electron chi connectivity index (χ4n) is 1.98. The minimum atomic E-state index is -0.426. The molecule has 1 fully saturated rings. The number of hydrogen-bond donors (Lipinski definition) is 1. The Hall–Kier alpha value is -1.84. The van der Waals surface area contributed by atoms with Crippen LogP contribution < -0.4 is 5.73 Å². The molecule has 18 heavy (non-hydrogen) atoms. The summed E-state index contributed by atoms with van der Waals surface area (Å²) in [4.78, 5) is 24.7. The van der Waals surface area contributed by atoms with Gasteiger partial charge in [0.25, 0.3) is 0 Å². The smallest absolute Gasteiger partial charge is 0.248 e. The highest BCUT2D eigenvalue weighted by atomic mass is 16.2. The lowest BCUT2D eigenvalue weighted by atomic mass is 10.1. The van der Waals surface area contributed by atoms with Crippen LogP contribution in [0.4, 0.5) is 0 Å². The maximum Gasteiger partial charge on any atom is 0.248 e. The second-order valence-electron chi connectivity index (χ2n) is 4.67. The molecule has 0 aliphatic heterocycles. The third kappa shape index (κ3) is 2.88. The lowest BCUT2D eigenvalue weighted by Gasteiger charge is -2.22. The van der Waals surface area contributed by atoms with Crippen molar-refractivity contribution in [3.05, 3.63) is 35.4 Å². The van der Waals surface area contributed by atoms with E-state index in [-0.39, 0.29) is 5.91 Å². The Morgan fingerprint density at radius 2 is 1.89 bits per heavy atom. The molecule has 0 atom stereocenters. The molecule has 2 rings (SSSR count). The van der Waals surface area contributed by atoms with Crippen molar-refractivity contribution < 1.29 is 9.59 Å². The van der Waals surface area contributed by atoms with Crippen molar-refractivity contribution in [2.75, 3.05) is 0 Å². The van der Waals surface area contributed by atoms with Crippen LogP contribution >= 0.6 is 0 Å². The van der Waals surface area contributed by atoms with Crippen molar-refractivity contribution in [1.82, 2.24) is 4.90 Å². The topological polar surface area (TPSA) is 63.4 Å². The number of primary amides is 1. The molecule has 0 saturated heterocycles. The first-order valence-electron chi connectivity index (χ1n) is 6.30. The molecule has 0 unspecified atom stereocenters. The molecule has 0 aromatic heterocycles. The first-order valence-corrected chi connectivity index (χ1v) is 6.30. The Labute approximate surface area is 107 Å². The second-order valence-corrected chi connectivity index (χ2v) is 4.67. The van der Waals surface area contributed by atoms with Crippen LogP contribution in [0.3, 0.4) is 0 Å². The Kier molecular flexibility index (Phi) is 3.65. The fraction of sp³-hybridized carbons (Fsp3) is 0.429. The zero-order valence-electron chi connectivity index (χ0n) is 10.6. The van der Waals surface area contributed by atoms with Crippen molar-refractivity contribution >= 4 is 11.8 Å². The lowest BCUT2D eigenvalue weighted by Crippen LogP contribution is -2.31. The number of rotatable bonds is 5. The summed E-state index contributed by atoms with van der Waals surface area (Å²) in [6.45, 7) is 2.50. The highest BCUT2D eigenvalue weighted by Crippen LogP contribution is 2.28. The second kappa shape index (κ2) is 5.21. The summed E-state index contributed by atoms with van der Waals surface area (Å²) >= 11 is 0. The van der Waals surface area contributed by atoms with E-state index in [1.54, 1.807) is 12.1 Å². The summed E-state index contributed by atoms with van der Waals surface area (Å²) < 4.78 is 0. The predicted molar refractivity (Wildman–Crippen MR) is 68.8 cm³/mol. The van der Waals surface area contributed by atoms with Crippen LogP contribution in [0.5, 0.6) is 0 Å². The Morgan fingerprint density at radius 3 is 2.33 bits per heavy atom. The fourth-order valence-corrected chi connectivity index (χ4v) is 1.98. The van der Waals surface area contributed by atoms with E-state index in [1.807, 2.05) is 24.0 Å². The van der Waals surface area contributed by atoms with E-state index in [1.165, 1.54) is 0 Å². The summed E-state index contributed by atoms with van der Waals surface area (Å²) in [5.74, 6) is -0.235. The number of amides is 2. The molecule has 96 valence electrons. The average Bonchev–Trinajstić information content (AvgIpc) is 3.20. The zero-order chi connectivity index (χ0) is 13.1. The van der Waals surface area contributed by atoms with Crippen molar-refractivity contribution in [3.63, 3.8) is 0 Å². The van der Waals surface area contributed by atoms with Crippen molar-refractivity contribution in [2.24, 2.45) is 5.73 Å². The number of carbonyl (C=O) groups excluding carboxylic acids is 2. The first-order chi connectivity index (χ1) is 8.61. The van der Waals surface area contributed by atoms with Gasteiger partial charge >= 0.3 is 0 Å². The predicted octanol–water partition coefficient (Wildman–Crippen LogP) is 1.69. The molecule has 1 aromatic rings. The van der Waals surface area contributed by atoms with Crippen LogP contribution in [0.25, 0.3) is 0 Å². The molecule has 0 heterocycles. The summed E-state index contributed by atoms with van der Waals surface area (Å²) in [5.41, 5.74) is 6.72. The summed E-state index contributed by atoms with van der Waals surface area (Å²) in [6.07, 6.45) is 2.74. The Balaban J connectivity index is 2.06. The number of hydrogen-bond acceptors (Lipinski definition) is 2. The largest absolute Gasteiger partial charge is 0.366 e. The quantitative estimate of drug-likeness (QED) is 0.859. The molecule has 1 saturated carbocycles. The molecule has 0 spiro atoms. The van der Waals surface area contributed by atoms with Gasteiger partial charge < -0.3 is 10.6 Å². The standard InChI is InChI=1S/C14H18N2O2/c1-2-13(17)16(12-7-8-12)9-10-3-5-11(6-4-10)14(15)18/h3-6,12H,2,7-9H2,1H3,(H2,15,18). The van der Waals surface area contributed by atoms with Gasteiger partial charge in [0.2, 0.25) is 11.8 Å². The van der Waals surface area contributed by atoms with E-state index >= 15 is 0 Å². The summed E-state index contributed by atoms with van der Waals surface area (Å²) in [5, 5.41) is 0. The molecule has 1 aliphatic rings. The lowest BCUT2D eigenvalue weighted by molar-refractivity contribution is -0.132. The molecule has 1 aromatic carbocycles. The SMILES string of the molecule is CCC(=O)N(Cc1ccc(C(N)=O)cc1)C1CC1. The van der Waals surface area contributed by atoms with Gasteiger partial charge in [0.1, 0.15) is 0 Å². The van der Waals surface area contributed by atoms with E-state index in [9.17, 15) is 9.59 Å². The minimum Gasteiger partial charge on any atom is -0.366 e. The number of carbonyl (C=O) groups is 2. The molecular weight excluding hydrogens is 228 g/mol. The van der Waals surface area contributed by atoms with Gasteiger partial charge in [-0.05, 0) is 30.5 Å². The van der Waals surface area contributed by atoms with E-state index in [4.69, 9.17) is 5.73 Å². The van der Waals surface area contributed by atoms with E-state index in [2.05, 4.69) is 0 Å². The number of nitrogens with zero attached hydrogens (tertiary/aromatic N) is 1.